The molecule has 2 aromatic heterocycles. The summed E-state index contributed by atoms with van der Waals surface area (Å²) in [6.07, 6.45) is 2.07. The van der Waals surface area contributed by atoms with Gasteiger partial charge in [0.2, 0.25) is 0 Å². The van der Waals surface area contributed by atoms with Crippen molar-refractivity contribution in [3.8, 4) is 5.69 Å². The minimum atomic E-state index is -0.219. The summed E-state index contributed by atoms with van der Waals surface area (Å²) in [7, 11) is 0. The van der Waals surface area contributed by atoms with Gasteiger partial charge in [-0.05, 0) is 51.6 Å². The van der Waals surface area contributed by atoms with E-state index in [0.29, 0.717) is 12.2 Å². The van der Waals surface area contributed by atoms with Gasteiger partial charge in [0, 0.05) is 30.6 Å². The Balaban J connectivity index is 2.10. The molecule has 5 nitrogen and oxygen atoms in total. The monoisotopic (exact) mass is 358 g/mol. The summed E-state index contributed by atoms with van der Waals surface area (Å²) in [5.74, 6) is 0.0168. The fraction of sp³-hybridized carbons (Fsp3) is 0.474. The Labute approximate surface area is 153 Å². The lowest BCUT2D eigenvalue weighted by Gasteiger charge is -2.42. The zero-order valence-corrected chi connectivity index (χ0v) is 16.4. The number of rotatable bonds is 3. The summed E-state index contributed by atoms with van der Waals surface area (Å²) >= 11 is 1.63. The van der Waals surface area contributed by atoms with Crippen LogP contribution in [0.25, 0.3) is 11.3 Å². The standard InChI is InChI=1S/C19H26N4OS/c1-6-13(2)17-14(3)16(21-23(17)15-7-10-25-11-15)18(24)22-9-8-20-12-19(22,4)5/h6-7,10-11,20H,8-9,12H2,1-5H3/b13-6+. The topological polar surface area (TPSA) is 50.2 Å². The number of aromatic nitrogens is 2. The lowest BCUT2D eigenvalue weighted by molar-refractivity contribution is 0.0470. The molecule has 134 valence electrons. The first kappa shape index (κ1) is 17.9. The smallest absolute Gasteiger partial charge is 0.275 e. The van der Waals surface area contributed by atoms with Crippen molar-refractivity contribution < 1.29 is 4.79 Å². The van der Waals surface area contributed by atoms with Crippen LogP contribution in [0.3, 0.4) is 0 Å². The first-order valence-corrected chi connectivity index (χ1v) is 9.59. The van der Waals surface area contributed by atoms with Crippen LogP contribution in [0.5, 0.6) is 0 Å². The molecule has 0 saturated carbocycles. The van der Waals surface area contributed by atoms with Gasteiger partial charge in [-0.2, -0.15) is 16.4 Å². The van der Waals surface area contributed by atoms with Crippen molar-refractivity contribution in [2.45, 2.75) is 40.2 Å². The third-order valence-corrected chi connectivity index (χ3v) is 5.60. The Hall–Kier alpha value is -1.92. The molecule has 0 unspecified atom stereocenters. The van der Waals surface area contributed by atoms with E-state index in [0.717, 1.165) is 35.6 Å². The Morgan fingerprint density at radius 1 is 1.44 bits per heavy atom. The highest BCUT2D eigenvalue weighted by molar-refractivity contribution is 7.08. The minimum Gasteiger partial charge on any atom is -0.330 e. The molecule has 1 saturated heterocycles. The van der Waals surface area contributed by atoms with Crippen molar-refractivity contribution in [3.05, 3.63) is 39.9 Å². The highest BCUT2D eigenvalue weighted by Crippen LogP contribution is 2.28. The van der Waals surface area contributed by atoms with E-state index in [1.165, 1.54) is 0 Å². The second kappa shape index (κ2) is 6.77. The van der Waals surface area contributed by atoms with Crippen molar-refractivity contribution in [2.24, 2.45) is 0 Å². The van der Waals surface area contributed by atoms with E-state index in [1.807, 2.05) is 34.9 Å². The van der Waals surface area contributed by atoms with E-state index in [9.17, 15) is 4.79 Å². The normalized spacial score (nSPS) is 17.8. The summed E-state index contributed by atoms with van der Waals surface area (Å²) in [4.78, 5) is 15.2. The van der Waals surface area contributed by atoms with Gasteiger partial charge in [0.25, 0.3) is 5.91 Å². The molecule has 6 heteroatoms. The Bertz CT molecular complexity index is 802. The maximum Gasteiger partial charge on any atom is 0.275 e. The summed E-state index contributed by atoms with van der Waals surface area (Å²) in [5, 5.41) is 12.2. The SMILES string of the molecule is C/C=C(\C)c1c(C)c(C(=O)N2CCNCC2(C)C)nn1-c1ccsc1. The number of nitrogens with zero attached hydrogens (tertiary/aromatic N) is 3. The molecule has 1 fully saturated rings. The van der Waals surface area contributed by atoms with Gasteiger partial charge in [-0.1, -0.05) is 6.08 Å². The first-order valence-electron chi connectivity index (χ1n) is 8.65. The van der Waals surface area contributed by atoms with Gasteiger partial charge in [0.1, 0.15) is 0 Å². The Morgan fingerprint density at radius 3 is 2.80 bits per heavy atom. The average molecular weight is 359 g/mol. The number of carbonyl (C=O) groups is 1. The predicted octanol–water partition coefficient (Wildman–Crippen LogP) is 3.49. The number of piperazine rings is 1. The van der Waals surface area contributed by atoms with Crippen LogP contribution in [0.4, 0.5) is 0 Å². The van der Waals surface area contributed by atoms with Gasteiger partial charge in [0.05, 0.1) is 16.9 Å². The van der Waals surface area contributed by atoms with E-state index < -0.39 is 0 Å². The van der Waals surface area contributed by atoms with Crippen molar-refractivity contribution in [1.29, 1.82) is 0 Å². The number of hydrogen-bond donors (Lipinski definition) is 1. The lowest BCUT2D eigenvalue weighted by atomic mass is 9.98. The fourth-order valence-electron chi connectivity index (χ4n) is 3.35. The predicted molar refractivity (Wildman–Crippen MR) is 103 cm³/mol. The van der Waals surface area contributed by atoms with Crippen LogP contribution >= 0.6 is 11.3 Å². The van der Waals surface area contributed by atoms with Crippen molar-refractivity contribution in [3.63, 3.8) is 0 Å². The quantitative estimate of drug-likeness (QED) is 0.914. The molecular weight excluding hydrogens is 332 g/mol. The van der Waals surface area contributed by atoms with Gasteiger partial charge in [-0.3, -0.25) is 4.79 Å². The van der Waals surface area contributed by atoms with Gasteiger partial charge < -0.3 is 10.2 Å². The Morgan fingerprint density at radius 2 is 2.20 bits per heavy atom. The summed E-state index contributed by atoms with van der Waals surface area (Å²) in [6.45, 7) is 12.6. The third kappa shape index (κ3) is 3.16. The molecule has 1 aliphatic heterocycles. The number of allylic oxidation sites excluding steroid dienone is 2. The largest absolute Gasteiger partial charge is 0.330 e. The molecule has 0 radical (unpaired) electrons. The van der Waals surface area contributed by atoms with E-state index in [4.69, 9.17) is 5.10 Å². The number of amides is 1. The number of thiophene rings is 1. The van der Waals surface area contributed by atoms with Gasteiger partial charge in [0.15, 0.2) is 5.69 Å². The van der Waals surface area contributed by atoms with Crippen LogP contribution in [0.1, 0.15) is 49.4 Å². The highest BCUT2D eigenvalue weighted by atomic mass is 32.1. The number of carbonyl (C=O) groups excluding carboxylic acids is 1. The first-order chi connectivity index (χ1) is 11.9. The van der Waals surface area contributed by atoms with Crippen LogP contribution in [0.2, 0.25) is 0 Å². The highest BCUT2D eigenvalue weighted by Gasteiger charge is 2.36. The molecular formula is C19H26N4OS. The molecule has 1 amide bonds. The molecule has 0 aromatic carbocycles. The summed E-state index contributed by atoms with van der Waals surface area (Å²) < 4.78 is 1.91. The maximum atomic E-state index is 13.3. The van der Waals surface area contributed by atoms with Crippen molar-refractivity contribution in [2.75, 3.05) is 19.6 Å². The second-order valence-electron chi connectivity index (χ2n) is 7.13. The molecule has 25 heavy (non-hydrogen) atoms. The average Bonchev–Trinajstić information content (AvgIpc) is 3.21. The van der Waals surface area contributed by atoms with Crippen molar-refractivity contribution >= 4 is 22.8 Å². The number of hydrogen-bond acceptors (Lipinski definition) is 4. The van der Waals surface area contributed by atoms with E-state index >= 15 is 0 Å². The fourth-order valence-corrected chi connectivity index (χ4v) is 3.97. The molecule has 0 aliphatic carbocycles. The van der Waals surface area contributed by atoms with E-state index in [-0.39, 0.29) is 11.4 Å². The number of nitrogens with one attached hydrogen (secondary N) is 1. The summed E-state index contributed by atoms with van der Waals surface area (Å²) in [5.41, 5.74) is 4.41. The second-order valence-corrected chi connectivity index (χ2v) is 7.91. The third-order valence-electron chi connectivity index (χ3n) is 4.93. The minimum absolute atomic E-state index is 0.0168. The molecule has 1 aliphatic rings. The molecule has 0 spiro atoms. The molecule has 3 rings (SSSR count). The van der Waals surface area contributed by atoms with Crippen LogP contribution in [0.15, 0.2) is 22.9 Å². The van der Waals surface area contributed by atoms with E-state index in [1.54, 1.807) is 11.3 Å². The van der Waals surface area contributed by atoms with Gasteiger partial charge >= 0.3 is 0 Å². The maximum absolute atomic E-state index is 13.3. The Kier molecular flexibility index (Phi) is 4.84. The van der Waals surface area contributed by atoms with Gasteiger partial charge in [-0.15, -0.1) is 0 Å². The van der Waals surface area contributed by atoms with Crippen LogP contribution in [0, 0.1) is 6.92 Å². The zero-order valence-electron chi connectivity index (χ0n) is 15.6. The molecule has 0 atom stereocenters. The molecule has 0 bridgehead atoms. The molecule has 3 heterocycles. The lowest BCUT2D eigenvalue weighted by Crippen LogP contribution is -2.60. The van der Waals surface area contributed by atoms with Crippen LogP contribution in [-0.4, -0.2) is 45.8 Å². The van der Waals surface area contributed by atoms with Gasteiger partial charge in [-0.25, -0.2) is 4.68 Å². The van der Waals surface area contributed by atoms with E-state index in [2.05, 4.69) is 37.5 Å². The zero-order chi connectivity index (χ0) is 18.2. The van der Waals surface area contributed by atoms with Crippen LogP contribution in [-0.2, 0) is 0 Å². The van der Waals surface area contributed by atoms with Crippen molar-refractivity contribution in [1.82, 2.24) is 20.0 Å². The molecule has 1 N–H and O–H groups in total. The van der Waals surface area contributed by atoms with Crippen LogP contribution < -0.4 is 5.32 Å². The summed E-state index contributed by atoms with van der Waals surface area (Å²) in [6, 6.07) is 2.03. The molecule has 2 aromatic rings.